The van der Waals surface area contributed by atoms with Crippen LogP contribution < -0.4 is 0 Å². The van der Waals surface area contributed by atoms with Crippen LogP contribution in [0.1, 0.15) is 40.0 Å². The van der Waals surface area contributed by atoms with Crippen molar-refractivity contribution >= 4 is 41.2 Å². The minimum absolute atomic E-state index is 0.0303. The topological polar surface area (TPSA) is 69.7 Å². The molecule has 0 bridgehead atoms. The van der Waals surface area contributed by atoms with E-state index in [-0.39, 0.29) is 27.3 Å². The van der Waals surface area contributed by atoms with Crippen LogP contribution in [-0.2, 0) is 23.9 Å². The van der Waals surface area contributed by atoms with Crippen LogP contribution in [0.5, 0.6) is 0 Å². The standard InChI is InChI=1S/C20H30O5S2/c1-13(2)16(11-17(21)14(3)4)20(26-8-7-9-27-20)12-15(19(23)25-6)10-18(22)24-5/h10,13,16H,3,7-9,11-12H2,1-2,4-6H3/b15-10-. The molecule has 0 N–H and O–H groups in total. The SMILES string of the molecule is C=C(C)C(=O)CC(C(C)C)C1(C/C(=C/C(=O)OC)C(=O)OC)SCCCS1. The average Bonchev–Trinajstić information content (AvgIpc) is 2.64. The maximum Gasteiger partial charge on any atom is 0.334 e. The van der Waals surface area contributed by atoms with Crippen LogP contribution in [0.15, 0.2) is 23.8 Å². The lowest BCUT2D eigenvalue weighted by Gasteiger charge is -2.44. The molecular weight excluding hydrogens is 384 g/mol. The molecule has 1 unspecified atom stereocenters. The molecule has 0 aromatic rings. The number of esters is 2. The molecule has 1 atom stereocenters. The number of ether oxygens (including phenoxy) is 2. The number of Topliss-reactive ketones (excluding diaryl/α,β-unsaturated/α-hetero) is 1. The van der Waals surface area contributed by atoms with Gasteiger partial charge in [0.2, 0.25) is 0 Å². The Bertz CT molecular complexity index is 603. The molecule has 0 spiro atoms. The molecule has 1 aliphatic rings. The highest BCUT2D eigenvalue weighted by atomic mass is 32.2. The second-order valence-electron chi connectivity index (χ2n) is 6.98. The minimum atomic E-state index is -0.588. The molecule has 0 aliphatic carbocycles. The predicted molar refractivity (Wildman–Crippen MR) is 112 cm³/mol. The molecule has 0 aromatic heterocycles. The van der Waals surface area contributed by atoms with E-state index in [1.807, 2.05) is 0 Å². The first-order valence-corrected chi connectivity index (χ1v) is 11.0. The van der Waals surface area contributed by atoms with Gasteiger partial charge in [-0.3, -0.25) is 4.79 Å². The molecule has 5 nitrogen and oxygen atoms in total. The Kier molecular flexibility index (Phi) is 9.67. The van der Waals surface area contributed by atoms with E-state index in [1.165, 1.54) is 20.3 Å². The van der Waals surface area contributed by atoms with Gasteiger partial charge in [0.15, 0.2) is 5.78 Å². The fourth-order valence-electron chi connectivity index (χ4n) is 3.09. The van der Waals surface area contributed by atoms with Crippen LogP contribution in [0.3, 0.4) is 0 Å². The number of ketones is 1. The molecule has 1 saturated heterocycles. The van der Waals surface area contributed by atoms with Gasteiger partial charge in [0.25, 0.3) is 0 Å². The van der Waals surface area contributed by atoms with E-state index in [2.05, 4.69) is 20.4 Å². The number of hydrogen-bond donors (Lipinski definition) is 0. The monoisotopic (exact) mass is 414 g/mol. The number of allylic oxidation sites excluding steroid dienone is 1. The summed E-state index contributed by atoms with van der Waals surface area (Å²) in [6.45, 7) is 9.69. The van der Waals surface area contributed by atoms with Crippen LogP contribution >= 0.6 is 23.5 Å². The molecule has 0 aromatic carbocycles. The quantitative estimate of drug-likeness (QED) is 0.417. The van der Waals surface area contributed by atoms with E-state index < -0.39 is 11.9 Å². The van der Waals surface area contributed by atoms with Crippen LogP contribution in [0.25, 0.3) is 0 Å². The maximum atomic E-state index is 12.4. The summed E-state index contributed by atoms with van der Waals surface area (Å²) in [6, 6.07) is 0. The second kappa shape index (κ2) is 11.0. The van der Waals surface area contributed by atoms with Gasteiger partial charge < -0.3 is 9.47 Å². The summed E-state index contributed by atoms with van der Waals surface area (Å²) in [5.41, 5.74) is 0.819. The van der Waals surface area contributed by atoms with E-state index in [0.717, 1.165) is 17.9 Å². The van der Waals surface area contributed by atoms with Gasteiger partial charge in [-0.2, -0.15) is 0 Å². The maximum absolute atomic E-state index is 12.4. The van der Waals surface area contributed by atoms with Crippen LogP contribution in [-0.4, -0.2) is 47.5 Å². The third-order valence-corrected chi connectivity index (χ3v) is 8.17. The fourth-order valence-corrected chi connectivity index (χ4v) is 7.03. The zero-order valence-electron chi connectivity index (χ0n) is 16.8. The zero-order valence-corrected chi connectivity index (χ0v) is 18.5. The number of hydrogen-bond acceptors (Lipinski definition) is 7. The highest BCUT2D eigenvalue weighted by molar-refractivity contribution is 8.18. The summed E-state index contributed by atoms with van der Waals surface area (Å²) in [6.07, 6.45) is 3.00. The van der Waals surface area contributed by atoms with Crippen molar-refractivity contribution in [2.24, 2.45) is 11.8 Å². The molecule has 7 heteroatoms. The molecule has 1 fully saturated rings. The van der Waals surface area contributed by atoms with Gasteiger partial charge in [-0.25, -0.2) is 9.59 Å². The average molecular weight is 415 g/mol. The Hall–Kier alpha value is -1.21. The molecule has 0 radical (unpaired) electrons. The van der Waals surface area contributed by atoms with E-state index in [9.17, 15) is 14.4 Å². The first-order valence-electron chi connectivity index (χ1n) is 9.00. The van der Waals surface area contributed by atoms with Crippen molar-refractivity contribution < 1.29 is 23.9 Å². The number of carbonyl (C=O) groups excluding carboxylic acids is 3. The minimum Gasteiger partial charge on any atom is -0.466 e. The van der Waals surface area contributed by atoms with E-state index in [4.69, 9.17) is 9.47 Å². The Labute approximate surface area is 170 Å². The Morgan fingerprint density at radius 1 is 1.15 bits per heavy atom. The van der Waals surface area contributed by atoms with Gasteiger partial charge in [-0.05, 0) is 42.3 Å². The van der Waals surface area contributed by atoms with Crippen molar-refractivity contribution in [1.29, 1.82) is 0 Å². The number of thioether (sulfide) groups is 2. The third kappa shape index (κ3) is 6.71. The van der Waals surface area contributed by atoms with Crippen molar-refractivity contribution in [3.8, 4) is 0 Å². The molecule has 1 heterocycles. The van der Waals surface area contributed by atoms with E-state index >= 15 is 0 Å². The highest BCUT2D eigenvalue weighted by Crippen LogP contribution is 2.54. The lowest BCUT2D eigenvalue weighted by Crippen LogP contribution is -2.40. The van der Waals surface area contributed by atoms with Gasteiger partial charge >= 0.3 is 11.9 Å². The lowest BCUT2D eigenvalue weighted by atomic mass is 9.83. The zero-order chi connectivity index (χ0) is 20.6. The van der Waals surface area contributed by atoms with Gasteiger partial charge in [0.05, 0.1) is 18.3 Å². The molecule has 27 heavy (non-hydrogen) atoms. The Morgan fingerprint density at radius 2 is 1.74 bits per heavy atom. The van der Waals surface area contributed by atoms with Gasteiger partial charge in [0.1, 0.15) is 0 Å². The Balaban J connectivity index is 3.31. The molecule has 0 amide bonds. The molecule has 1 rings (SSSR count). The van der Waals surface area contributed by atoms with Crippen molar-refractivity contribution in [3.05, 3.63) is 23.8 Å². The first-order chi connectivity index (χ1) is 12.7. The predicted octanol–water partition coefficient (Wildman–Crippen LogP) is 4.02. The van der Waals surface area contributed by atoms with E-state index in [1.54, 1.807) is 30.4 Å². The van der Waals surface area contributed by atoms with Crippen LogP contribution in [0, 0.1) is 11.8 Å². The molecule has 1 aliphatic heterocycles. The number of methoxy groups -OCH3 is 2. The first kappa shape index (κ1) is 23.8. The normalized spacial score (nSPS) is 17.9. The van der Waals surface area contributed by atoms with Crippen LogP contribution in [0.4, 0.5) is 0 Å². The fraction of sp³-hybridized carbons (Fsp3) is 0.650. The highest BCUT2D eigenvalue weighted by Gasteiger charge is 2.45. The van der Waals surface area contributed by atoms with Crippen molar-refractivity contribution in [3.63, 3.8) is 0 Å². The molecular formula is C20H30O5S2. The molecule has 152 valence electrons. The largest absolute Gasteiger partial charge is 0.466 e. The second-order valence-corrected chi connectivity index (χ2v) is 10.1. The Morgan fingerprint density at radius 3 is 2.19 bits per heavy atom. The number of rotatable bonds is 9. The number of carbonyl (C=O) groups is 3. The van der Waals surface area contributed by atoms with Crippen molar-refractivity contribution in [1.82, 2.24) is 0 Å². The third-order valence-electron chi connectivity index (χ3n) is 4.61. The summed E-state index contributed by atoms with van der Waals surface area (Å²) in [5.74, 6) is 1.06. The van der Waals surface area contributed by atoms with Gasteiger partial charge in [-0.1, -0.05) is 20.4 Å². The van der Waals surface area contributed by atoms with Crippen LogP contribution in [0.2, 0.25) is 0 Å². The van der Waals surface area contributed by atoms with Gasteiger partial charge in [0, 0.05) is 24.5 Å². The van der Waals surface area contributed by atoms with Gasteiger partial charge in [-0.15, -0.1) is 23.5 Å². The summed E-state index contributed by atoms with van der Waals surface area (Å²) in [4.78, 5) is 36.5. The summed E-state index contributed by atoms with van der Waals surface area (Å²) >= 11 is 3.54. The summed E-state index contributed by atoms with van der Waals surface area (Å²) < 4.78 is 9.20. The van der Waals surface area contributed by atoms with Crippen molar-refractivity contribution in [2.75, 3.05) is 25.7 Å². The lowest BCUT2D eigenvalue weighted by molar-refractivity contribution is -0.138. The smallest absolute Gasteiger partial charge is 0.334 e. The summed E-state index contributed by atoms with van der Waals surface area (Å²) in [5, 5.41) is 0. The van der Waals surface area contributed by atoms with E-state index in [0.29, 0.717) is 18.4 Å². The summed E-state index contributed by atoms with van der Waals surface area (Å²) in [7, 11) is 2.57. The molecule has 0 saturated carbocycles. The van der Waals surface area contributed by atoms with Crippen molar-refractivity contribution in [2.45, 2.75) is 44.1 Å².